The molecule has 0 atom stereocenters. The largest absolute Gasteiger partial charge is 0.353 e. The summed E-state index contributed by atoms with van der Waals surface area (Å²) in [7, 11) is 0. The summed E-state index contributed by atoms with van der Waals surface area (Å²) in [6.07, 6.45) is 0. The van der Waals surface area contributed by atoms with Gasteiger partial charge in [-0.05, 0) is 6.92 Å². The van der Waals surface area contributed by atoms with Gasteiger partial charge in [0.2, 0.25) is 11.8 Å². The number of carbonyl (C=O) groups is 2. The van der Waals surface area contributed by atoms with Crippen LogP contribution >= 0.6 is 11.8 Å². The Labute approximate surface area is 152 Å². The fourth-order valence-electron chi connectivity index (χ4n) is 2.98. The van der Waals surface area contributed by atoms with Crippen molar-refractivity contribution in [1.29, 1.82) is 0 Å². The summed E-state index contributed by atoms with van der Waals surface area (Å²) in [4.78, 5) is 39.0. The van der Waals surface area contributed by atoms with E-state index in [0.29, 0.717) is 24.7 Å². The zero-order chi connectivity index (χ0) is 18.0. The molecule has 3 heterocycles. The molecule has 8 heteroatoms. The first-order valence-electron chi connectivity index (χ1n) is 8.68. The molecule has 0 radical (unpaired) electrons. The van der Waals surface area contributed by atoms with Crippen molar-refractivity contribution in [1.82, 2.24) is 19.8 Å². The fourth-order valence-corrected chi connectivity index (χ4v) is 3.89. The highest BCUT2D eigenvalue weighted by molar-refractivity contribution is 8.00. The summed E-state index contributed by atoms with van der Waals surface area (Å²) in [5, 5.41) is 0. The van der Waals surface area contributed by atoms with Crippen LogP contribution in [0.15, 0.2) is 6.07 Å². The number of aryl methyl sites for hydroxylation is 1. The molecule has 2 amide bonds. The molecule has 2 aliphatic rings. The average molecular weight is 363 g/mol. The average Bonchev–Trinajstić information content (AvgIpc) is 2.99. The van der Waals surface area contributed by atoms with E-state index in [9.17, 15) is 9.59 Å². The van der Waals surface area contributed by atoms with Gasteiger partial charge in [-0.15, -0.1) is 11.8 Å². The van der Waals surface area contributed by atoms with Crippen LogP contribution in [-0.2, 0) is 9.59 Å². The normalized spacial score (nSPS) is 18.4. The zero-order valence-electron chi connectivity index (χ0n) is 15.1. The van der Waals surface area contributed by atoms with E-state index in [0.717, 1.165) is 30.4 Å². The highest BCUT2D eigenvalue weighted by Crippen LogP contribution is 2.19. The third kappa shape index (κ3) is 4.23. The first-order chi connectivity index (χ1) is 11.9. The molecule has 0 spiro atoms. The van der Waals surface area contributed by atoms with E-state index in [4.69, 9.17) is 0 Å². The lowest BCUT2D eigenvalue weighted by Crippen LogP contribution is -2.51. The Hall–Kier alpha value is -1.83. The predicted molar refractivity (Wildman–Crippen MR) is 98.7 cm³/mol. The first-order valence-corrected chi connectivity index (χ1v) is 9.83. The highest BCUT2D eigenvalue weighted by atomic mass is 32.2. The van der Waals surface area contributed by atoms with Crippen LogP contribution in [0.1, 0.15) is 31.3 Å². The third-order valence-electron chi connectivity index (χ3n) is 4.48. The number of nitrogens with zero attached hydrogens (tertiary/aromatic N) is 5. The Morgan fingerprint density at radius 1 is 1.24 bits per heavy atom. The number of anilines is 1. The summed E-state index contributed by atoms with van der Waals surface area (Å²) in [6.45, 7) is 9.20. The minimum absolute atomic E-state index is 0.0391. The van der Waals surface area contributed by atoms with Crippen molar-refractivity contribution >= 4 is 29.4 Å². The third-order valence-corrected chi connectivity index (χ3v) is 5.43. The summed E-state index contributed by atoms with van der Waals surface area (Å²) in [5.41, 5.74) is 0.970. The summed E-state index contributed by atoms with van der Waals surface area (Å²) in [5.74, 6) is 3.31. The van der Waals surface area contributed by atoms with Crippen LogP contribution in [-0.4, -0.2) is 75.9 Å². The summed E-state index contributed by atoms with van der Waals surface area (Å²) >= 11 is 1.56. The van der Waals surface area contributed by atoms with Gasteiger partial charge >= 0.3 is 0 Å². The molecule has 0 saturated carbocycles. The van der Waals surface area contributed by atoms with E-state index in [1.54, 1.807) is 16.7 Å². The molecule has 1 aromatic rings. The van der Waals surface area contributed by atoms with Gasteiger partial charge in [0.25, 0.3) is 0 Å². The molecule has 1 aromatic heterocycles. The van der Waals surface area contributed by atoms with E-state index in [2.05, 4.69) is 28.7 Å². The molecule has 25 heavy (non-hydrogen) atoms. The Kier molecular flexibility index (Phi) is 5.46. The Morgan fingerprint density at radius 2 is 1.96 bits per heavy atom. The van der Waals surface area contributed by atoms with Crippen molar-refractivity contribution < 1.29 is 9.59 Å². The number of amides is 2. The van der Waals surface area contributed by atoms with Crippen LogP contribution in [0.5, 0.6) is 0 Å². The topological polar surface area (TPSA) is 69.6 Å². The zero-order valence-corrected chi connectivity index (χ0v) is 15.9. The molecular formula is C17H25N5O2S. The highest BCUT2D eigenvalue weighted by Gasteiger charge is 2.27. The maximum Gasteiger partial charge on any atom is 0.242 e. The van der Waals surface area contributed by atoms with Gasteiger partial charge in [0.05, 0.1) is 11.6 Å². The lowest BCUT2D eigenvalue weighted by Gasteiger charge is -2.36. The second-order valence-electron chi connectivity index (χ2n) is 6.82. The molecular weight excluding hydrogens is 338 g/mol. The van der Waals surface area contributed by atoms with E-state index >= 15 is 0 Å². The van der Waals surface area contributed by atoms with Crippen LogP contribution in [0.4, 0.5) is 5.82 Å². The maximum atomic E-state index is 12.4. The molecule has 0 aromatic carbocycles. The van der Waals surface area contributed by atoms with E-state index in [1.165, 1.54) is 0 Å². The number of piperazine rings is 1. The molecule has 0 unspecified atom stereocenters. The fraction of sp³-hybridized carbons (Fsp3) is 0.647. The van der Waals surface area contributed by atoms with Gasteiger partial charge in [-0.2, -0.15) is 0 Å². The number of rotatable bonds is 4. The van der Waals surface area contributed by atoms with Gasteiger partial charge in [-0.1, -0.05) is 13.8 Å². The molecule has 2 aliphatic heterocycles. The van der Waals surface area contributed by atoms with E-state index in [1.807, 2.05) is 17.9 Å². The standard InChI is InChI=1S/C17H25N5O2S/c1-12(2)17-18-13(3)8-14(19-17)20-4-6-21(7-5-20)15(23)9-22-11-25-10-16(22)24/h8,12H,4-7,9-11H2,1-3H3. The van der Waals surface area contributed by atoms with Crippen LogP contribution in [0.2, 0.25) is 0 Å². The lowest BCUT2D eigenvalue weighted by atomic mass is 10.2. The van der Waals surface area contributed by atoms with E-state index < -0.39 is 0 Å². The second kappa shape index (κ2) is 7.59. The van der Waals surface area contributed by atoms with Crippen molar-refractivity contribution in [3.63, 3.8) is 0 Å². The van der Waals surface area contributed by atoms with Crippen molar-refractivity contribution in [2.24, 2.45) is 0 Å². The number of hydrogen-bond donors (Lipinski definition) is 0. The first kappa shape index (κ1) is 18.0. The van der Waals surface area contributed by atoms with Crippen molar-refractivity contribution in [3.8, 4) is 0 Å². The summed E-state index contributed by atoms with van der Waals surface area (Å²) in [6, 6.07) is 2.00. The monoisotopic (exact) mass is 363 g/mol. The molecule has 0 aliphatic carbocycles. The minimum Gasteiger partial charge on any atom is -0.353 e. The van der Waals surface area contributed by atoms with Gasteiger partial charge in [0.1, 0.15) is 18.2 Å². The maximum absolute atomic E-state index is 12.4. The van der Waals surface area contributed by atoms with Gasteiger partial charge < -0.3 is 14.7 Å². The molecule has 2 saturated heterocycles. The predicted octanol–water partition coefficient (Wildman–Crippen LogP) is 1.09. The molecule has 3 rings (SSSR count). The van der Waals surface area contributed by atoms with Crippen LogP contribution in [0.3, 0.4) is 0 Å². The molecule has 136 valence electrons. The van der Waals surface area contributed by atoms with Crippen LogP contribution < -0.4 is 4.90 Å². The van der Waals surface area contributed by atoms with Crippen molar-refractivity contribution in [2.75, 3.05) is 49.3 Å². The van der Waals surface area contributed by atoms with Crippen LogP contribution in [0, 0.1) is 6.92 Å². The Bertz CT molecular complexity index is 658. The Morgan fingerprint density at radius 3 is 2.56 bits per heavy atom. The van der Waals surface area contributed by atoms with Crippen LogP contribution in [0.25, 0.3) is 0 Å². The number of aromatic nitrogens is 2. The minimum atomic E-state index is 0.0391. The van der Waals surface area contributed by atoms with Gasteiger partial charge in [0, 0.05) is 43.9 Å². The quantitative estimate of drug-likeness (QED) is 0.798. The van der Waals surface area contributed by atoms with Gasteiger partial charge in [-0.25, -0.2) is 9.97 Å². The van der Waals surface area contributed by atoms with Crippen molar-refractivity contribution in [2.45, 2.75) is 26.7 Å². The number of carbonyl (C=O) groups excluding carboxylic acids is 2. The Balaban J connectivity index is 1.58. The lowest BCUT2D eigenvalue weighted by molar-refractivity contribution is -0.138. The number of hydrogen-bond acceptors (Lipinski definition) is 6. The molecule has 2 fully saturated rings. The number of thioether (sulfide) groups is 1. The summed E-state index contributed by atoms with van der Waals surface area (Å²) < 4.78 is 0. The van der Waals surface area contributed by atoms with E-state index in [-0.39, 0.29) is 24.3 Å². The van der Waals surface area contributed by atoms with Gasteiger partial charge in [-0.3, -0.25) is 9.59 Å². The smallest absolute Gasteiger partial charge is 0.242 e. The second-order valence-corrected chi connectivity index (χ2v) is 7.77. The van der Waals surface area contributed by atoms with Gasteiger partial charge in [0.15, 0.2) is 0 Å². The molecule has 7 nitrogen and oxygen atoms in total. The molecule has 0 N–H and O–H groups in total. The SMILES string of the molecule is Cc1cc(N2CCN(C(=O)CN3CSCC3=O)CC2)nc(C(C)C)n1. The molecule has 0 bridgehead atoms. The van der Waals surface area contributed by atoms with Crippen molar-refractivity contribution in [3.05, 3.63) is 17.6 Å².